The molecule has 1 heteroatoms. The van der Waals surface area contributed by atoms with E-state index >= 15 is 0 Å². The van der Waals surface area contributed by atoms with E-state index in [1.165, 1.54) is 22.0 Å². The van der Waals surface area contributed by atoms with Crippen molar-refractivity contribution >= 4 is 10.8 Å². The highest BCUT2D eigenvalue weighted by Crippen LogP contribution is 2.25. The first-order valence-corrected chi connectivity index (χ1v) is 5.60. The standard InChI is InChI=1S/C14H17N/c1-4-12-13-8-6-5-7-11(13)9-15-14(12)10(2)3/h5-10H,4H2,1-3H3. The van der Waals surface area contributed by atoms with Crippen molar-refractivity contribution in [3.8, 4) is 0 Å². The fourth-order valence-electron chi connectivity index (χ4n) is 2.11. The van der Waals surface area contributed by atoms with Gasteiger partial charge < -0.3 is 0 Å². The van der Waals surface area contributed by atoms with E-state index in [0.717, 1.165) is 6.42 Å². The molecule has 78 valence electrons. The molecular formula is C14H17N. The van der Waals surface area contributed by atoms with Crippen LogP contribution < -0.4 is 0 Å². The molecule has 0 unspecified atom stereocenters. The Morgan fingerprint density at radius 2 is 1.93 bits per heavy atom. The third-order valence-corrected chi connectivity index (χ3v) is 2.84. The summed E-state index contributed by atoms with van der Waals surface area (Å²) in [4.78, 5) is 4.58. The maximum Gasteiger partial charge on any atom is 0.0467 e. The SMILES string of the molecule is CCc1c(C(C)C)ncc2ccccc12. The fourth-order valence-corrected chi connectivity index (χ4v) is 2.11. The van der Waals surface area contributed by atoms with Gasteiger partial charge in [-0.3, -0.25) is 4.98 Å². The molecule has 1 heterocycles. The molecule has 2 rings (SSSR count). The van der Waals surface area contributed by atoms with Gasteiger partial charge in [-0.05, 0) is 23.3 Å². The van der Waals surface area contributed by atoms with E-state index in [1.54, 1.807) is 0 Å². The molecule has 0 atom stereocenters. The summed E-state index contributed by atoms with van der Waals surface area (Å²) in [6.07, 6.45) is 3.05. The van der Waals surface area contributed by atoms with Crippen molar-refractivity contribution in [2.24, 2.45) is 0 Å². The largest absolute Gasteiger partial charge is 0.260 e. The smallest absolute Gasteiger partial charge is 0.0467 e. The van der Waals surface area contributed by atoms with Gasteiger partial charge in [0.25, 0.3) is 0 Å². The number of pyridine rings is 1. The Kier molecular flexibility index (Phi) is 2.72. The molecule has 2 aromatic rings. The maximum atomic E-state index is 4.58. The Bertz CT molecular complexity index is 472. The molecule has 0 radical (unpaired) electrons. The highest BCUT2D eigenvalue weighted by molar-refractivity contribution is 5.85. The normalized spacial score (nSPS) is 11.2. The van der Waals surface area contributed by atoms with Gasteiger partial charge in [-0.15, -0.1) is 0 Å². The Hall–Kier alpha value is -1.37. The zero-order valence-electron chi connectivity index (χ0n) is 9.62. The summed E-state index contributed by atoms with van der Waals surface area (Å²) < 4.78 is 0. The van der Waals surface area contributed by atoms with Crippen LogP contribution in [0.3, 0.4) is 0 Å². The minimum atomic E-state index is 0.504. The number of rotatable bonds is 2. The lowest BCUT2D eigenvalue weighted by molar-refractivity contribution is 0.805. The van der Waals surface area contributed by atoms with Crippen molar-refractivity contribution in [2.75, 3.05) is 0 Å². The van der Waals surface area contributed by atoms with Crippen molar-refractivity contribution in [1.29, 1.82) is 0 Å². The molecular weight excluding hydrogens is 182 g/mol. The summed E-state index contributed by atoms with van der Waals surface area (Å²) in [6.45, 7) is 6.61. The lowest BCUT2D eigenvalue weighted by atomic mass is 9.97. The van der Waals surface area contributed by atoms with Crippen LogP contribution >= 0.6 is 0 Å². The first-order valence-electron chi connectivity index (χ1n) is 5.60. The van der Waals surface area contributed by atoms with Gasteiger partial charge in [-0.1, -0.05) is 45.0 Å². The summed E-state index contributed by atoms with van der Waals surface area (Å²) in [5.41, 5.74) is 2.65. The number of fused-ring (bicyclic) bond motifs is 1. The first kappa shape index (κ1) is 10.2. The van der Waals surface area contributed by atoms with Crippen LogP contribution in [-0.4, -0.2) is 4.98 Å². The van der Waals surface area contributed by atoms with E-state index in [-0.39, 0.29) is 0 Å². The van der Waals surface area contributed by atoms with Crippen molar-refractivity contribution in [1.82, 2.24) is 4.98 Å². The molecule has 0 spiro atoms. The predicted octanol–water partition coefficient (Wildman–Crippen LogP) is 3.92. The van der Waals surface area contributed by atoms with Crippen LogP contribution in [0, 0.1) is 0 Å². The minimum Gasteiger partial charge on any atom is -0.260 e. The molecule has 1 aromatic carbocycles. The van der Waals surface area contributed by atoms with E-state index in [4.69, 9.17) is 0 Å². The molecule has 0 aliphatic carbocycles. The van der Waals surface area contributed by atoms with E-state index in [0.29, 0.717) is 5.92 Å². The van der Waals surface area contributed by atoms with Gasteiger partial charge in [0.1, 0.15) is 0 Å². The van der Waals surface area contributed by atoms with Gasteiger partial charge in [0.05, 0.1) is 0 Å². The van der Waals surface area contributed by atoms with Gasteiger partial charge >= 0.3 is 0 Å². The van der Waals surface area contributed by atoms with E-state index in [2.05, 4.69) is 50.0 Å². The van der Waals surface area contributed by atoms with Crippen LogP contribution in [0.15, 0.2) is 30.5 Å². The highest BCUT2D eigenvalue weighted by Gasteiger charge is 2.09. The average Bonchev–Trinajstić information content (AvgIpc) is 2.27. The molecule has 0 saturated heterocycles. The Morgan fingerprint density at radius 3 is 2.60 bits per heavy atom. The lowest BCUT2D eigenvalue weighted by Crippen LogP contribution is -1.99. The van der Waals surface area contributed by atoms with Crippen molar-refractivity contribution in [2.45, 2.75) is 33.1 Å². The van der Waals surface area contributed by atoms with Crippen molar-refractivity contribution < 1.29 is 0 Å². The second-order valence-corrected chi connectivity index (χ2v) is 4.22. The van der Waals surface area contributed by atoms with Gasteiger partial charge in [0, 0.05) is 17.3 Å². The summed E-state index contributed by atoms with van der Waals surface area (Å²) in [5.74, 6) is 0.504. The van der Waals surface area contributed by atoms with Crippen LogP contribution in [-0.2, 0) is 6.42 Å². The second kappa shape index (κ2) is 4.01. The monoisotopic (exact) mass is 199 g/mol. The van der Waals surface area contributed by atoms with Crippen LogP contribution in [0.2, 0.25) is 0 Å². The lowest BCUT2D eigenvalue weighted by Gasteiger charge is -2.12. The number of benzene rings is 1. The number of hydrogen-bond donors (Lipinski definition) is 0. The number of nitrogens with zero attached hydrogens (tertiary/aromatic N) is 1. The topological polar surface area (TPSA) is 12.9 Å². The molecule has 0 saturated carbocycles. The van der Waals surface area contributed by atoms with E-state index in [9.17, 15) is 0 Å². The average molecular weight is 199 g/mol. The maximum absolute atomic E-state index is 4.58. The molecule has 0 fully saturated rings. The molecule has 0 bridgehead atoms. The molecule has 1 aromatic heterocycles. The van der Waals surface area contributed by atoms with E-state index < -0.39 is 0 Å². The van der Waals surface area contributed by atoms with Gasteiger partial charge in [0.2, 0.25) is 0 Å². The molecule has 1 nitrogen and oxygen atoms in total. The summed E-state index contributed by atoms with van der Waals surface area (Å²) in [6, 6.07) is 8.50. The van der Waals surface area contributed by atoms with Crippen LogP contribution in [0.25, 0.3) is 10.8 Å². The van der Waals surface area contributed by atoms with Crippen molar-refractivity contribution in [3.63, 3.8) is 0 Å². The highest BCUT2D eigenvalue weighted by atomic mass is 14.7. The zero-order chi connectivity index (χ0) is 10.8. The van der Waals surface area contributed by atoms with Gasteiger partial charge in [-0.2, -0.15) is 0 Å². The predicted molar refractivity (Wildman–Crippen MR) is 65.2 cm³/mol. The van der Waals surface area contributed by atoms with Crippen molar-refractivity contribution in [3.05, 3.63) is 41.7 Å². The quantitative estimate of drug-likeness (QED) is 0.714. The molecule has 0 aliphatic heterocycles. The zero-order valence-corrected chi connectivity index (χ0v) is 9.62. The summed E-state index contributed by atoms with van der Waals surface area (Å²) in [5, 5.41) is 2.61. The van der Waals surface area contributed by atoms with E-state index in [1.807, 2.05) is 6.20 Å². The van der Waals surface area contributed by atoms with Crippen LogP contribution in [0.5, 0.6) is 0 Å². The minimum absolute atomic E-state index is 0.504. The Balaban J connectivity index is 2.75. The third kappa shape index (κ3) is 1.74. The molecule has 0 amide bonds. The van der Waals surface area contributed by atoms with Crippen LogP contribution in [0.1, 0.15) is 37.9 Å². The third-order valence-electron chi connectivity index (χ3n) is 2.84. The number of hydrogen-bond acceptors (Lipinski definition) is 1. The van der Waals surface area contributed by atoms with Gasteiger partial charge in [0.15, 0.2) is 0 Å². The molecule has 15 heavy (non-hydrogen) atoms. The number of aryl methyl sites for hydroxylation is 1. The number of aromatic nitrogens is 1. The Morgan fingerprint density at radius 1 is 1.20 bits per heavy atom. The molecule has 0 N–H and O–H groups in total. The Labute approximate surface area is 91.2 Å². The fraction of sp³-hybridized carbons (Fsp3) is 0.357. The van der Waals surface area contributed by atoms with Crippen LogP contribution in [0.4, 0.5) is 0 Å². The summed E-state index contributed by atoms with van der Waals surface area (Å²) in [7, 11) is 0. The molecule has 0 aliphatic rings. The summed E-state index contributed by atoms with van der Waals surface area (Å²) >= 11 is 0. The van der Waals surface area contributed by atoms with Gasteiger partial charge in [-0.25, -0.2) is 0 Å². The second-order valence-electron chi connectivity index (χ2n) is 4.22. The first-order chi connectivity index (χ1) is 7.24.